The summed E-state index contributed by atoms with van der Waals surface area (Å²) >= 11 is 0. The van der Waals surface area contributed by atoms with E-state index in [1.165, 1.54) is 6.42 Å². The van der Waals surface area contributed by atoms with E-state index in [-0.39, 0.29) is 17.7 Å². The van der Waals surface area contributed by atoms with Gasteiger partial charge in [-0.05, 0) is 58.1 Å². The molecule has 2 aromatic carbocycles. The number of unbranched alkanes of at least 4 members (excludes halogenated alkanes) is 5. The minimum absolute atomic E-state index is 0.167. The van der Waals surface area contributed by atoms with Crippen LogP contribution in [-0.4, -0.2) is 41.0 Å². The molecule has 2 aromatic rings. The summed E-state index contributed by atoms with van der Waals surface area (Å²) in [6.45, 7) is 16.3. The van der Waals surface area contributed by atoms with Gasteiger partial charge in [-0.1, -0.05) is 119 Å². The van der Waals surface area contributed by atoms with E-state index in [1.54, 1.807) is 25.7 Å². The Labute approximate surface area is 260 Å². The number of ether oxygens (including phenoxy) is 1. The fourth-order valence-corrected chi connectivity index (χ4v) is 5.25. The molecule has 0 aromatic heterocycles. The van der Waals surface area contributed by atoms with Crippen LogP contribution in [0.2, 0.25) is 0 Å². The second-order valence-corrected chi connectivity index (χ2v) is 12.8. The van der Waals surface area contributed by atoms with Gasteiger partial charge in [-0.15, -0.1) is 0 Å². The largest absolute Gasteiger partial charge is 0.444 e. The lowest BCUT2D eigenvalue weighted by molar-refractivity contribution is -0.143. The van der Waals surface area contributed by atoms with E-state index in [9.17, 15) is 14.4 Å². The lowest BCUT2D eigenvalue weighted by Crippen LogP contribution is -2.55. The van der Waals surface area contributed by atoms with Gasteiger partial charge in [0.25, 0.3) is 0 Å². The third-order valence-corrected chi connectivity index (χ3v) is 7.62. The van der Waals surface area contributed by atoms with Crippen LogP contribution >= 0.6 is 0 Å². The van der Waals surface area contributed by atoms with Crippen molar-refractivity contribution < 1.29 is 19.1 Å². The average molecular weight is 594 g/mol. The van der Waals surface area contributed by atoms with Crippen LogP contribution < -0.4 is 10.6 Å². The Kier molecular flexibility index (Phi) is 14.7. The molecule has 238 valence electrons. The Bertz CT molecular complexity index is 1140. The molecule has 0 aliphatic heterocycles. The van der Waals surface area contributed by atoms with Gasteiger partial charge in [-0.2, -0.15) is 0 Å². The molecule has 7 nitrogen and oxygen atoms in total. The summed E-state index contributed by atoms with van der Waals surface area (Å²) in [5.41, 5.74) is 3.08. The van der Waals surface area contributed by atoms with Crippen molar-refractivity contribution >= 4 is 17.9 Å². The van der Waals surface area contributed by atoms with Crippen molar-refractivity contribution in [3.63, 3.8) is 0 Å². The van der Waals surface area contributed by atoms with Crippen LogP contribution in [0.4, 0.5) is 4.79 Å². The molecule has 0 aliphatic rings. The van der Waals surface area contributed by atoms with Crippen molar-refractivity contribution in [1.29, 1.82) is 0 Å². The Morgan fingerprint density at radius 2 is 1.49 bits per heavy atom. The minimum Gasteiger partial charge on any atom is -0.444 e. The van der Waals surface area contributed by atoms with Crippen LogP contribution in [0.5, 0.6) is 0 Å². The molecule has 43 heavy (non-hydrogen) atoms. The zero-order valence-electron chi connectivity index (χ0n) is 27.8. The van der Waals surface area contributed by atoms with E-state index in [0.717, 1.165) is 54.4 Å². The van der Waals surface area contributed by atoms with E-state index < -0.39 is 23.8 Å². The smallest absolute Gasteiger partial charge is 0.408 e. The molecule has 0 aliphatic carbocycles. The van der Waals surface area contributed by atoms with Gasteiger partial charge in [0.2, 0.25) is 11.8 Å². The van der Waals surface area contributed by atoms with E-state index in [0.29, 0.717) is 19.5 Å². The van der Waals surface area contributed by atoms with Gasteiger partial charge in [0, 0.05) is 13.1 Å². The van der Waals surface area contributed by atoms with Crippen molar-refractivity contribution in [3.8, 4) is 0 Å². The fraction of sp³-hybridized carbons (Fsp3) is 0.583. The van der Waals surface area contributed by atoms with Crippen molar-refractivity contribution in [2.45, 2.75) is 125 Å². The zero-order valence-corrected chi connectivity index (χ0v) is 27.8. The summed E-state index contributed by atoms with van der Waals surface area (Å²) in [6, 6.07) is 14.1. The number of hydrogen-bond donors (Lipinski definition) is 2. The first-order valence-corrected chi connectivity index (χ1v) is 16.1. The molecule has 0 fully saturated rings. The maximum absolute atomic E-state index is 14.6. The summed E-state index contributed by atoms with van der Waals surface area (Å²) in [4.78, 5) is 43.3. The Morgan fingerprint density at radius 3 is 2.07 bits per heavy atom. The molecule has 0 spiro atoms. The molecule has 0 saturated carbocycles. The second kappa shape index (κ2) is 17.7. The molecule has 3 unspecified atom stereocenters. The number of alkyl carbamates (subject to hydrolysis) is 1. The number of nitrogens with one attached hydrogen (secondary N) is 2. The highest BCUT2D eigenvalue weighted by Gasteiger charge is 2.38. The van der Waals surface area contributed by atoms with Crippen LogP contribution in [0.25, 0.3) is 0 Å². The van der Waals surface area contributed by atoms with E-state index in [1.807, 2.05) is 70.2 Å². The maximum atomic E-state index is 14.6. The van der Waals surface area contributed by atoms with Crippen molar-refractivity contribution in [1.82, 2.24) is 15.5 Å². The first-order chi connectivity index (χ1) is 20.4. The summed E-state index contributed by atoms with van der Waals surface area (Å²) < 4.78 is 5.54. The molecule has 0 heterocycles. The van der Waals surface area contributed by atoms with E-state index in [2.05, 4.69) is 23.6 Å². The first kappa shape index (κ1) is 35.8. The van der Waals surface area contributed by atoms with Crippen molar-refractivity contribution in [2.24, 2.45) is 5.92 Å². The van der Waals surface area contributed by atoms with Gasteiger partial charge >= 0.3 is 6.09 Å². The molecule has 7 heteroatoms. The predicted molar refractivity (Wildman–Crippen MR) is 175 cm³/mol. The number of rotatable bonds is 16. The van der Waals surface area contributed by atoms with Crippen LogP contribution in [0, 0.1) is 19.8 Å². The molecule has 0 radical (unpaired) electrons. The maximum Gasteiger partial charge on any atom is 0.408 e. The summed E-state index contributed by atoms with van der Waals surface area (Å²) in [5, 5.41) is 5.96. The van der Waals surface area contributed by atoms with E-state index in [4.69, 9.17) is 4.74 Å². The lowest BCUT2D eigenvalue weighted by atomic mass is 9.94. The standard InChI is InChI=1S/C36H55N3O4/c1-9-11-12-13-14-18-21-39(34(41)31(28(5)10-2)38-35(42)43-36(6,7)8)32(30-23-26(3)22-27(4)24-30)33(40)37-25-29-19-16-15-17-20-29/h15-17,19-20,22-24,28,31-32H,9-14,18,21,25H2,1-8H3,(H,37,40)(H,38,42). The number of hydrogen-bond acceptors (Lipinski definition) is 4. The molecule has 3 atom stereocenters. The highest BCUT2D eigenvalue weighted by molar-refractivity contribution is 5.92. The van der Waals surface area contributed by atoms with Gasteiger partial charge in [-0.25, -0.2) is 4.79 Å². The van der Waals surface area contributed by atoms with Gasteiger partial charge < -0.3 is 20.3 Å². The number of nitrogens with zero attached hydrogens (tertiary/aromatic N) is 1. The third-order valence-electron chi connectivity index (χ3n) is 7.62. The van der Waals surface area contributed by atoms with Crippen LogP contribution in [0.3, 0.4) is 0 Å². The Hall–Kier alpha value is -3.35. The monoisotopic (exact) mass is 593 g/mol. The summed E-state index contributed by atoms with van der Waals surface area (Å²) in [7, 11) is 0. The number of carbonyl (C=O) groups excluding carboxylic acids is 3. The lowest BCUT2D eigenvalue weighted by Gasteiger charge is -2.36. The molecular formula is C36H55N3O4. The quantitative estimate of drug-likeness (QED) is 0.195. The third kappa shape index (κ3) is 12.4. The van der Waals surface area contributed by atoms with Crippen LogP contribution in [0.15, 0.2) is 48.5 Å². The topological polar surface area (TPSA) is 87.7 Å². The van der Waals surface area contributed by atoms with Crippen LogP contribution in [-0.2, 0) is 20.9 Å². The highest BCUT2D eigenvalue weighted by atomic mass is 16.6. The molecular weight excluding hydrogens is 538 g/mol. The summed E-state index contributed by atoms with van der Waals surface area (Å²) in [5.74, 6) is -0.680. The van der Waals surface area contributed by atoms with Crippen LogP contribution in [0.1, 0.15) is 115 Å². The first-order valence-electron chi connectivity index (χ1n) is 16.1. The average Bonchev–Trinajstić information content (AvgIpc) is 2.94. The van der Waals surface area contributed by atoms with Gasteiger partial charge in [0.1, 0.15) is 17.7 Å². The normalized spacial score (nSPS) is 13.5. The fourth-order valence-electron chi connectivity index (χ4n) is 5.25. The van der Waals surface area contributed by atoms with Crippen molar-refractivity contribution in [3.05, 3.63) is 70.8 Å². The van der Waals surface area contributed by atoms with Gasteiger partial charge in [0.05, 0.1) is 0 Å². The molecule has 3 amide bonds. The predicted octanol–water partition coefficient (Wildman–Crippen LogP) is 7.79. The molecule has 0 saturated heterocycles. The zero-order chi connectivity index (χ0) is 32.0. The second-order valence-electron chi connectivity index (χ2n) is 12.8. The van der Waals surface area contributed by atoms with Crippen molar-refractivity contribution in [2.75, 3.05) is 6.54 Å². The van der Waals surface area contributed by atoms with E-state index >= 15 is 0 Å². The van der Waals surface area contributed by atoms with Gasteiger partial charge in [0.15, 0.2) is 0 Å². The number of amides is 3. The van der Waals surface area contributed by atoms with Gasteiger partial charge in [-0.3, -0.25) is 9.59 Å². The minimum atomic E-state index is -0.850. The molecule has 2 N–H and O–H groups in total. The highest BCUT2D eigenvalue weighted by Crippen LogP contribution is 2.27. The number of aryl methyl sites for hydroxylation is 2. The summed E-state index contributed by atoms with van der Waals surface area (Å²) in [6.07, 6.45) is 6.34. The number of benzene rings is 2. The number of carbonyl (C=O) groups is 3. The molecule has 0 bridgehead atoms. The Balaban J connectivity index is 2.51. The Morgan fingerprint density at radius 1 is 0.884 bits per heavy atom. The SMILES string of the molecule is CCCCCCCCN(C(=O)C(NC(=O)OC(C)(C)C)C(C)CC)C(C(=O)NCc1ccccc1)c1cc(C)cc(C)c1. The molecule has 2 rings (SSSR count).